The van der Waals surface area contributed by atoms with Crippen LogP contribution in [0.25, 0.3) is 0 Å². The highest BCUT2D eigenvalue weighted by atomic mass is 35.5. The number of halogens is 1. The maximum Gasteiger partial charge on any atom is 0.0506 e. The van der Waals surface area contributed by atoms with Crippen LogP contribution in [0.4, 0.5) is 0 Å². The summed E-state index contributed by atoms with van der Waals surface area (Å²) in [5, 5.41) is 3.41. The van der Waals surface area contributed by atoms with Gasteiger partial charge in [0.05, 0.1) is 13.2 Å². The third kappa shape index (κ3) is 1.62. The molecule has 10 heavy (non-hydrogen) atoms. The van der Waals surface area contributed by atoms with Crippen LogP contribution in [0.2, 0.25) is 0 Å². The van der Waals surface area contributed by atoms with Crippen molar-refractivity contribution < 1.29 is 4.74 Å². The Labute approximate surface area is 67.7 Å². The van der Waals surface area contributed by atoms with Crippen LogP contribution in [-0.2, 0) is 4.74 Å². The Morgan fingerprint density at radius 3 is 2.20 bits per heavy atom. The van der Waals surface area contributed by atoms with Crippen LogP contribution in [0.15, 0.2) is 0 Å². The predicted molar refractivity (Wildman–Crippen MR) is 42.5 cm³/mol. The fraction of sp³-hybridized carbons (Fsp3) is 1.00. The van der Waals surface area contributed by atoms with Gasteiger partial charge in [-0.2, -0.15) is 0 Å². The van der Waals surface area contributed by atoms with Crippen molar-refractivity contribution in [2.24, 2.45) is 11.8 Å². The van der Waals surface area contributed by atoms with Crippen molar-refractivity contribution in [2.45, 2.75) is 6.42 Å². The van der Waals surface area contributed by atoms with E-state index in [1.807, 2.05) is 0 Å². The summed E-state index contributed by atoms with van der Waals surface area (Å²) in [5.74, 6) is 1.63. The minimum Gasteiger partial charge on any atom is -0.381 e. The van der Waals surface area contributed by atoms with E-state index in [1.54, 1.807) is 0 Å². The zero-order chi connectivity index (χ0) is 6.10. The Balaban J connectivity index is 0.000000500. The zero-order valence-electron chi connectivity index (χ0n) is 6.01. The standard InChI is InChI=1S/C7H13NO.ClH/c1-6-2-8-3-7(1)5-9-4-6;/h6-8H,1-5H2;1H. The minimum absolute atomic E-state index is 0. The van der Waals surface area contributed by atoms with Crippen molar-refractivity contribution in [1.82, 2.24) is 5.32 Å². The van der Waals surface area contributed by atoms with Crippen LogP contribution in [0.3, 0.4) is 0 Å². The fourth-order valence-corrected chi connectivity index (χ4v) is 1.78. The summed E-state index contributed by atoms with van der Waals surface area (Å²) in [6.45, 7) is 4.33. The number of hydrogen-bond donors (Lipinski definition) is 1. The summed E-state index contributed by atoms with van der Waals surface area (Å²) in [6, 6.07) is 0. The van der Waals surface area contributed by atoms with Gasteiger partial charge in [0.25, 0.3) is 0 Å². The Hall–Kier alpha value is 0.210. The minimum atomic E-state index is 0. The van der Waals surface area contributed by atoms with Crippen LogP contribution < -0.4 is 5.32 Å². The molecule has 2 bridgehead atoms. The molecule has 2 nitrogen and oxygen atoms in total. The zero-order valence-corrected chi connectivity index (χ0v) is 6.82. The second-order valence-corrected chi connectivity index (χ2v) is 3.16. The maximum atomic E-state index is 5.40. The largest absolute Gasteiger partial charge is 0.381 e. The molecule has 2 rings (SSSR count). The fourth-order valence-electron chi connectivity index (χ4n) is 1.78. The molecule has 2 unspecified atom stereocenters. The van der Waals surface area contributed by atoms with E-state index in [0.717, 1.165) is 25.0 Å². The third-order valence-corrected chi connectivity index (χ3v) is 2.24. The van der Waals surface area contributed by atoms with E-state index in [-0.39, 0.29) is 12.4 Å². The van der Waals surface area contributed by atoms with Gasteiger partial charge in [-0.1, -0.05) is 0 Å². The molecule has 1 N–H and O–H groups in total. The average molecular weight is 164 g/mol. The van der Waals surface area contributed by atoms with Crippen LogP contribution >= 0.6 is 12.4 Å². The van der Waals surface area contributed by atoms with Gasteiger partial charge in [-0.15, -0.1) is 12.4 Å². The number of rotatable bonds is 0. The molecule has 2 saturated heterocycles. The molecule has 0 aromatic carbocycles. The lowest BCUT2D eigenvalue weighted by Crippen LogP contribution is -2.43. The molecule has 3 heteroatoms. The third-order valence-electron chi connectivity index (χ3n) is 2.24. The Morgan fingerprint density at radius 1 is 1.10 bits per heavy atom. The summed E-state index contributed by atoms with van der Waals surface area (Å²) < 4.78 is 5.40. The van der Waals surface area contributed by atoms with E-state index in [9.17, 15) is 0 Å². The second-order valence-electron chi connectivity index (χ2n) is 3.16. The smallest absolute Gasteiger partial charge is 0.0506 e. The highest BCUT2D eigenvalue weighted by molar-refractivity contribution is 5.85. The predicted octanol–water partition coefficient (Wildman–Crippen LogP) is 0.664. The summed E-state index contributed by atoms with van der Waals surface area (Å²) in [5.41, 5.74) is 0. The normalized spacial score (nSPS) is 38.4. The lowest BCUT2D eigenvalue weighted by molar-refractivity contribution is -0.00121. The Bertz CT molecular complexity index is 89.8. The van der Waals surface area contributed by atoms with Gasteiger partial charge < -0.3 is 10.1 Å². The summed E-state index contributed by atoms with van der Waals surface area (Å²) >= 11 is 0. The number of hydrogen-bond acceptors (Lipinski definition) is 2. The first-order valence-electron chi connectivity index (χ1n) is 3.73. The molecular weight excluding hydrogens is 150 g/mol. The van der Waals surface area contributed by atoms with Crippen molar-refractivity contribution in [3.8, 4) is 0 Å². The number of ether oxygens (including phenoxy) is 1. The van der Waals surface area contributed by atoms with Crippen molar-refractivity contribution in [3.63, 3.8) is 0 Å². The monoisotopic (exact) mass is 163 g/mol. The van der Waals surface area contributed by atoms with E-state index < -0.39 is 0 Å². The van der Waals surface area contributed by atoms with E-state index in [1.165, 1.54) is 19.5 Å². The lowest BCUT2D eigenvalue weighted by Gasteiger charge is -2.34. The van der Waals surface area contributed by atoms with Gasteiger partial charge >= 0.3 is 0 Å². The SMILES string of the molecule is C1NCC2COCC1C2.Cl. The molecule has 0 spiro atoms. The van der Waals surface area contributed by atoms with E-state index in [4.69, 9.17) is 4.74 Å². The van der Waals surface area contributed by atoms with Gasteiger partial charge in [0.1, 0.15) is 0 Å². The summed E-state index contributed by atoms with van der Waals surface area (Å²) in [7, 11) is 0. The van der Waals surface area contributed by atoms with Crippen molar-refractivity contribution >= 4 is 12.4 Å². The molecule has 0 aromatic rings. The molecule has 2 aliphatic rings. The average Bonchev–Trinajstić information content (AvgIpc) is 1.88. The van der Waals surface area contributed by atoms with Crippen molar-refractivity contribution in [2.75, 3.05) is 26.3 Å². The molecule has 0 amide bonds. The molecule has 2 heterocycles. The number of piperidine rings is 1. The molecule has 2 aliphatic heterocycles. The number of fused-ring (bicyclic) bond motifs is 2. The van der Waals surface area contributed by atoms with Crippen molar-refractivity contribution in [1.29, 1.82) is 0 Å². The maximum absolute atomic E-state index is 5.40. The van der Waals surface area contributed by atoms with Gasteiger partial charge in [-0.3, -0.25) is 0 Å². The molecule has 2 atom stereocenters. The molecule has 0 aliphatic carbocycles. The molecule has 2 fully saturated rings. The lowest BCUT2D eigenvalue weighted by atomic mass is 9.90. The quantitative estimate of drug-likeness (QED) is 0.567. The van der Waals surface area contributed by atoms with Gasteiger partial charge in [0.15, 0.2) is 0 Å². The van der Waals surface area contributed by atoms with Crippen LogP contribution in [-0.4, -0.2) is 26.3 Å². The van der Waals surface area contributed by atoms with E-state index in [0.29, 0.717) is 0 Å². The second kappa shape index (κ2) is 3.56. The van der Waals surface area contributed by atoms with E-state index in [2.05, 4.69) is 5.32 Å². The van der Waals surface area contributed by atoms with Gasteiger partial charge in [0.2, 0.25) is 0 Å². The number of nitrogens with one attached hydrogen (secondary N) is 1. The summed E-state index contributed by atoms with van der Waals surface area (Å²) in [6.07, 6.45) is 1.40. The topological polar surface area (TPSA) is 21.3 Å². The highest BCUT2D eigenvalue weighted by Gasteiger charge is 2.25. The Morgan fingerprint density at radius 2 is 1.70 bits per heavy atom. The molecule has 0 aromatic heterocycles. The van der Waals surface area contributed by atoms with Gasteiger partial charge in [0, 0.05) is 13.1 Å². The van der Waals surface area contributed by atoms with Crippen LogP contribution in [0.1, 0.15) is 6.42 Å². The Kier molecular flexibility index (Phi) is 2.96. The van der Waals surface area contributed by atoms with Gasteiger partial charge in [-0.05, 0) is 18.3 Å². The van der Waals surface area contributed by atoms with Crippen LogP contribution in [0.5, 0.6) is 0 Å². The molecule has 0 saturated carbocycles. The highest BCUT2D eigenvalue weighted by Crippen LogP contribution is 2.21. The molecular formula is C7H14ClNO. The summed E-state index contributed by atoms with van der Waals surface area (Å²) in [4.78, 5) is 0. The first-order chi connectivity index (χ1) is 4.45. The molecule has 0 radical (unpaired) electrons. The van der Waals surface area contributed by atoms with E-state index >= 15 is 0 Å². The van der Waals surface area contributed by atoms with Crippen LogP contribution in [0, 0.1) is 11.8 Å². The van der Waals surface area contributed by atoms with Gasteiger partial charge in [-0.25, -0.2) is 0 Å². The molecule has 60 valence electrons. The first-order valence-corrected chi connectivity index (χ1v) is 3.73. The van der Waals surface area contributed by atoms with Crippen molar-refractivity contribution in [3.05, 3.63) is 0 Å². The first kappa shape index (κ1) is 8.31.